The molecular weight excluding hydrogens is 226 g/mol. The third kappa shape index (κ3) is 2.50. The Hall–Kier alpha value is -2.31. The largest absolute Gasteiger partial charge is 0.456 e. The lowest BCUT2D eigenvalue weighted by molar-refractivity contribution is 0.281. The average molecular weight is 239 g/mol. The van der Waals surface area contributed by atoms with Gasteiger partial charge in [-0.25, -0.2) is 0 Å². The van der Waals surface area contributed by atoms with Crippen molar-refractivity contribution in [3.05, 3.63) is 59.2 Å². The second-order valence-corrected chi connectivity index (χ2v) is 3.97. The maximum absolute atomic E-state index is 9.08. The van der Waals surface area contributed by atoms with Gasteiger partial charge in [0, 0.05) is 0 Å². The lowest BCUT2D eigenvalue weighted by Crippen LogP contribution is -1.92. The summed E-state index contributed by atoms with van der Waals surface area (Å²) in [6.07, 6.45) is 0. The van der Waals surface area contributed by atoms with Crippen LogP contribution in [0.3, 0.4) is 0 Å². The third-order valence-corrected chi connectivity index (χ3v) is 2.63. The Morgan fingerprint density at radius 1 is 1.22 bits per heavy atom. The number of nitriles is 1. The van der Waals surface area contributed by atoms with E-state index in [0.29, 0.717) is 17.1 Å². The van der Waals surface area contributed by atoms with Gasteiger partial charge >= 0.3 is 0 Å². The molecule has 0 bridgehead atoms. The van der Waals surface area contributed by atoms with Crippen molar-refractivity contribution in [2.75, 3.05) is 0 Å². The number of nitrogens with zero attached hydrogens (tertiary/aromatic N) is 1. The van der Waals surface area contributed by atoms with Crippen LogP contribution in [0.4, 0.5) is 0 Å². The van der Waals surface area contributed by atoms with Crippen LogP contribution < -0.4 is 4.74 Å². The molecule has 0 aliphatic rings. The Morgan fingerprint density at radius 2 is 2.00 bits per heavy atom. The van der Waals surface area contributed by atoms with E-state index < -0.39 is 0 Å². The van der Waals surface area contributed by atoms with Crippen molar-refractivity contribution in [1.82, 2.24) is 0 Å². The highest BCUT2D eigenvalue weighted by Gasteiger charge is 2.07. The van der Waals surface area contributed by atoms with Crippen molar-refractivity contribution >= 4 is 0 Å². The standard InChI is InChI=1S/C15H13NO2/c1-11-4-2-6-13(9-16)15(11)18-14-7-3-5-12(8-14)10-17/h2-8,17H,10H2,1H3. The van der Waals surface area contributed by atoms with Crippen molar-refractivity contribution < 1.29 is 9.84 Å². The van der Waals surface area contributed by atoms with Gasteiger partial charge in [0.1, 0.15) is 17.6 Å². The molecule has 0 aliphatic carbocycles. The number of para-hydroxylation sites is 1. The fraction of sp³-hybridized carbons (Fsp3) is 0.133. The highest BCUT2D eigenvalue weighted by molar-refractivity contribution is 5.50. The van der Waals surface area contributed by atoms with Crippen molar-refractivity contribution in [3.63, 3.8) is 0 Å². The molecule has 0 fully saturated rings. The molecule has 3 heteroatoms. The molecule has 0 unspecified atom stereocenters. The van der Waals surface area contributed by atoms with Crippen LogP contribution in [0.5, 0.6) is 11.5 Å². The van der Waals surface area contributed by atoms with Gasteiger partial charge in [-0.1, -0.05) is 24.3 Å². The Morgan fingerprint density at radius 3 is 2.72 bits per heavy atom. The minimum atomic E-state index is -0.0317. The summed E-state index contributed by atoms with van der Waals surface area (Å²) in [7, 11) is 0. The lowest BCUT2D eigenvalue weighted by Gasteiger charge is -2.10. The minimum Gasteiger partial charge on any atom is -0.456 e. The van der Waals surface area contributed by atoms with Crippen LogP contribution in [-0.4, -0.2) is 5.11 Å². The molecular formula is C15H13NO2. The summed E-state index contributed by atoms with van der Waals surface area (Å²) in [5.74, 6) is 1.18. The first-order valence-corrected chi connectivity index (χ1v) is 5.62. The summed E-state index contributed by atoms with van der Waals surface area (Å²) in [5, 5.41) is 18.1. The van der Waals surface area contributed by atoms with Crippen LogP contribution in [-0.2, 0) is 6.61 Å². The first-order valence-electron chi connectivity index (χ1n) is 5.62. The van der Waals surface area contributed by atoms with Gasteiger partial charge in [-0.15, -0.1) is 0 Å². The zero-order valence-corrected chi connectivity index (χ0v) is 10.1. The second kappa shape index (κ2) is 5.35. The van der Waals surface area contributed by atoms with E-state index in [2.05, 4.69) is 6.07 Å². The number of aliphatic hydroxyl groups is 1. The van der Waals surface area contributed by atoms with Crippen molar-refractivity contribution in [1.29, 1.82) is 5.26 Å². The molecule has 0 aliphatic heterocycles. The molecule has 0 heterocycles. The number of rotatable bonds is 3. The number of aliphatic hydroxyl groups excluding tert-OH is 1. The van der Waals surface area contributed by atoms with Gasteiger partial charge in [0.15, 0.2) is 0 Å². The summed E-state index contributed by atoms with van der Waals surface area (Å²) in [4.78, 5) is 0. The van der Waals surface area contributed by atoms with E-state index >= 15 is 0 Å². The molecule has 2 rings (SSSR count). The van der Waals surface area contributed by atoms with Crippen LogP contribution in [0.2, 0.25) is 0 Å². The average Bonchev–Trinajstić information content (AvgIpc) is 2.41. The van der Waals surface area contributed by atoms with Crippen LogP contribution in [0.15, 0.2) is 42.5 Å². The van der Waals surface area contributed by atoms with Gasteiger partial charge < -0.3 is 9.84 Å². The zero-order chi connectivity index (χ0) is 13.0. The summed E-state index contributed by atoms with van der Waals surface area (Å²) in [6.45, 7) is 1.86. The molecule has 0 amide bonds. The number of hydrogen-bond acceptors (Lipinski definition) is 3. The van der Waals surface area contributed by atoms with Crippen LogP contribution in [0.1, 0.15) is 16.7 Å². The molecule has 1 N–H and O–H groups in total. The summed E-state index contributed by atoms with van der Waals surface area (Å²) >= 11 is 0. The number of aryl methyl sites for hydroxylation is 1. The van der Waals surface area contributed by atoms with Crippen molar-refractivity contribution in [2.24, 2.45) is 0 Å². The first kappa shape index (κ1) is 12.2. The molecule has 18 heavy (non-hydrogen) atoms. The molecule has 0 atom stereocenters. The second-order valence-electron chi connectivity index (χ2n) is 3.97. The van der Waals surface area contributed by atoms with Crippen LogP contribution in [0, 0.1) is 18.3 Å². The minimum absolute atomic E-state index is 0.0317. The first-order chi connectivity index (χ1) is 8.74. The van der Waals surface area contributed by atoms with E-state index in [-0.39, 0.29) is 6.61 Å². The van der Waals surface area contributed by atoms with E-state index in [4.69, 9.17) is 15.1 Å². The summed E-state index contributed by atoms with van der Waals surface area (Å²) < 4.78 is 5.74. The predicted octanol–water partition coefficient (Wildman–Crippen LogP) is 3.15. The fourth-order valence-corrected chi connectivity index (χ4v) is 1.70. The monoisotopic (exact) mass is 239 g/mol. The molecule has 0 spiro atoms. The van der Waals surface area contributed by atoms with E-state index in [9.17, 15) is 0 Å². The highest BCUT2D eigenvalue weighted by Crippen LogP contribution is 2.28. The summed E-state index contributed by atoms with van der Waals surface area (Å²) in [6, 6.07) is 14.7. The van der Waals surface area contributed by atoms with Gasteiger partial charge in [-0.2, -0.15) is 5.26 Å². The molecule has 0 saturated heterocycles. The van der Waals surface area contributed by atoms with Crippen LogP contribution >= 0.6 is 0 Å². The van der Waals surface area contributed by atoms with Gasteiger partial charge in [0.05, 0.1) is 12.2 Å². The molecule has 0 saturated carbocycles. The smallest absolute Gasteiger partial charge is 0.148 e. The molecule has 2 aromatic rings. The number of benzene rings is 2. The Kier molecular flexibility index (Phi) is 3.61. The van der Waals surface area contributed by atoms with Crippen molar-refractivity contribution in [3.8, 4) is 17.6 Å². The maximum Gasteiger partial charge on any atom is 0.148 e. The highest BCUT2D eigenvalue weighted by atomic mass is 16.5. The third-order valence-electron chi connectivity index (χ3n) is 2.63. The van der Waals surface area contributed by atoms with Gasteiger partial charge in [0.2, 0.25) is 0 Å². The van der Waals surface area contributed by atoms with Crippen LogP contribution in [0.25, 0.3) is 0 Å². The molecule has 0 radical (unpaired) electrons. The molecule has 90 valence electrons. The van der Waals surface area contributed by atoms with E-state index in [0.717, 1.165) is 11.1 Å². The van der Waals surface area contributed by atoms with Gasteiger partial charge in [0.25, 0.3) is 0 Å². The summed E-state index contributed by atoms with van der Waals surface area (Å²) in [5.41, 5.74) is 2.19. The number of hydrogen-bond donors (Lipinski definition) is 1. The maximum atomic E-state index is 9.08. The number of ether oxygens (including phenoxy) is 1. The molecule has 2 aromatic carbocycles. The van der Waals surface area contributed by atoms with Gasteiger partial charge in [-0.05, 0) is 36.2 Å². The quantitative estimate of drug-likeness (QED) is 0.895. The van der Waals surface area contributed by atoms with E-state index in [1.807, 2.05) is 31.2 Å². The van der Waals surface area contributed by atoms with E-state index in [1.54, 1.807) is 18.2 Å². The SMILES string of the molecule is Cc1cccc(C#N)c1Oc1cccc(CO)c1. The molecule has 0 aromatic heterocycles. The predicted molar refractivity (Wildman–Crippen MR) is 68.3 cm³/mol. The normalized spacial score (nSPS) is 9.83. The Balaban J connectivity index is 2.37. The Bertz CT molecular complexity index is 600. The molecule has 3 nitrogen and oxygen atoms in total. The van der Waals surface area contributed by atoms with Gasteiger partial charge in [-0.3, -0.25) is 0 Å². The van der Waals surface area contributed by atoms with Crippen molar-refractivity contribution in [2.45, 2.75) is 13.5 Å². The zero-order valence-electron chi connectivity index (χ0n) is 10.1. The van der Waals surface area contributed by atoms with E-state index in [1.165, 1.54) is 0 Å². The lowest BCUT2D eigenvalue weighted by atomic mass is 10.1. The Labute approximate surface area is 106 Å². The topological polar surface area (TPSA) is 53.2 Å². The fourth-order valence-electron chi connectivity index (χ4n) is 1.70.